The van der Waals surface area contributed by atoms with Crippen LogP contribution in [0.5, 0.6) is 5.75 Å². The zero-order valence-corrected chi connectivity index (χ0v) is 15.6. The van der Waals surface area contributed by atoms with E-state index in [1.54, 1.807) is 0 Å². The van der Waals surface area contributed by atoms with E-state index in [1.807, 2.05) is 6.92 Å². The van der Waals surface area contributed by atoms with Gasteiger partial charge in [0.05, 0.1) is 17.1 Å². The Morgan fingerprint density at radius 3 is 2.52 bits per heavy atom. The summed E-state index contributed by atoms with van der Waals surface area (Å²) in [5.41, 5.74) is -0.808. The Hall–Kier alpha value is -1.96. The van der Waals surface area contributed by atoms with Crippen molar-refractivity contribution in [1.29, 1.82) is 0 Å². The normalized spacial score (nSPS) is 21.4. The van der Waals surface area contributed by atoms with Crippen molar-refractivity contribution in [3.8, 4) is 5.75 Å². The topological polar surface area (TPSA) is 55.4 Å². The second kappa shape index (κ2) is 7.58. The number of carbonyl (C=O) groups is 2. The molecule has 3 rings (SSSR count). The summed E-state index contributed by atoms with van der Waals surface area (Å²) in [4.78, 5) is 22.8. The number of alkyl halides is 3. The number of halogens is 3. The number of hydrogen-bond acceptors (Lipinski definition) is 4. The van der Waals surface area contributed by atoms with Crippen LogP contribution in [0.4, 0.5) is 18.0 Å². The standard InChI is InChI=1S/C19H20F3NO3S/c1-18(7-3-2-4-8-18)11-26-14-6-5-12(9-13(14)19(20,21)22)10-15-16(24)23-17(25)27-15/h5-6,9-10H,2-4,7-8,11H2,1H3,(H,23,24,25)/b15-10-. The number of thioether (sulfide) groups is 1. The van der Waals surface area contributed by atoms with E-state index in [4.69, 9.17) is 4.74 Å². The van der Waals surface area contributed by atoms with E-state index in [0.717, 1.165) is 38.2 Å². The number of hydrogen-bond donors (Lipinski definition) is 1. The summed E-state index contributed by atoms with van der Waals surface area (Å²) >= 11 is 0.664. The number of ether oxygens (including phenoxy) is 1. The molecule has 1 saturated carbocycles. The van der Waals surface area contributed by atoms with Gasteiger partial charge < -0.3 is 4.74 Å². The van der Waals surface area contributed by atoms with E-state index in [0.29, 0.717) is 11.8 Å². The third-order valence-corrected chi connectivity index (χ3v) is 5.70. The molecule has 8 heteroatoms. The molecule has 2 aliphatic rings. The summed E-state index contributed by atoms with van der Waals surface area (Å²) < 4.78 is 46.1. The second-order valence-corrected chi connectivity index (χ2v) is 8.28. The molecule has 0 bridgehead atoms. The Bertz CT molecular complexity index is 783. The van der Waals surface area contributed by atoms with E-state index in [-0.39, 0.29) is 28.2 Å². The van der Waals surface area contributed by atoms with Gasteiger partial charge in [0, 0.05) is 5.41 Å². The molecule has 1 aliphatic heterocycles. The summed E-state index contributed by atoms with van der Waals surface area (Å²) in [7, 11) is 0. The lowest BCUT2D eigenvalue weighted by molar-refractivity contribution is -0.139. The Morgan fingerprint density at radius 1 is 1.22 bits per heavy atom. The van der Waals surface area contributed by atoms with Gasteiger partial charge in [-0.25, -0.2) is 0 Å². The van der Waals surface area contributed by atoms with Crippen molar-refractivity contribution in [2.45, 2.75) is 45.2 Å². The highest BCUT2D eigenvalue weighted by Crippen LogP contribution is 2.40. The molecule has 1 N–H and O–H groups in total. The molecule has 2 fully saturated rings. The molecule has 1 aromatic rings. The van der Waals surface area contributed by atoms with Crippen LogP contribution < -0.4 is 10.1 Å². The molecule has 0 spiro atoms. The monoisotopic (exact) mass is 399 g/mol. The average molecular weight is 399 g/mol. The Balaban J connectivity index is 1.83. The first-order chi connectivity index (χ1) is 12.7. The second-order valence-electron chi connectivity index (χ2n) is 7.27. The largest absolute Gasteiger partial charge is 0.492 e. The molecule has 146 valence electrons. The minimum atomic E-state index is -4.59. The van der Waals surface area contributed by atoms with Crippen LogP contribution in [-0.2, 0) is 11.0 Å². The molecule has 1 aliphatic carbocycles. The van der Waals surface area contributed by atoms with Gasteiger partial charge in [-0.3, -0.25) is 14.9 Å². The molecular formula is C19H20F3NO3S. The lowest BCUT2D eigenvalue weighted by atomic mass is 9.76. The maximum absolute atomic E-state index is 13.5. The van der Waals surface area contributed by atoms with Crippen LogP contribution in [0.25, 0.3) is 6.08 Å². The summed E-state index contributed by atoms with van der Waals surface area (Å²) in [5.74, 6) is -0.819. The van der Waals surface area contributed by atoms with Crippen LogP contribution in [0.15, 0.2) is 23.1 Å². The highest BCUT2D eigenvalue weighted by atomic mass is 32.2. The highest BCUT2D eigenvalue weighted by molar-refractivity contribution is 8.18. The molecular weight excluding hydrogens is 379 g/mol. The average Bonchev–Trinajstić information content (AvgIpc) is 2.91. The minimum Gasteiger partial charge on any atom is -0.492 e. The van der Waals surface area contributed by atoms with E-state index in [9.17, 15) is 22.8 Å². The SMILES string of the molecule is CC1(COc2ccc(/C=C3\SC(=O)NC3=O)cc2C(F)(F)F)CCCCC1. The minimum absolute atomic E-state index is 0.0662. The summed E-state index contributed by atoms with van der Waals surface area (Å²) in [5, 5.41) is 1.54. The van der Waals surface area contributed by atoms with Crippen molar-refractivity contribution in [2.24, 2.45) is 5.41 Å². The molecule has 0 radical (unpaired) electrons. The van der Waals surface area contributed by atoms with Crippen molar-refractivity contribution >= 4 is 29.0 Å². The molecule has 0 unspecified atom stereocenters. The first kappa shape index (κ1) is 19.8. The van der Waals surface area contributed by atoms with E-state index in [1.165, 1.54) is 18.2 Å². The fourth-order valence-electron chi connectivity index (χ4n) is 3.36. The van der Waals surface area contributed by atoms with Gasteiger partial charge in [0.2, 0.25) is 0 Å². The van der Waals surface area contributed by atoms with Crippen molar-refractivity contribution < 1.29 is 27.5 Å². The lowest BCUT2D eigenvalue weighted by Gasteiger charge is -2.33. The third-order valence-electron chi connectivity index (χ3n) is 4.89. The van der Waals surface area contributed by atoms with Gasteiger partial charge >= 0.3 is 6.18 Å². The van der Waals surface area contributed by atoms with Gasteiger partial charge in [-0.05, 0) is 48.4 Å². The van der Waals surface area contributed by atoms with Crippen LogP contribution >= 0.6 is 11.8 Å². The van der Waals surface area contributed by atoms with E-state index in [2.05, 4.69) is 5.32 Å². The summed E-state index contributed by atoms with van der Waals surface area (Å²) in [6.45, 7) is 2.29. The number of benzene rings is 1. The molecule has 4 nitrogen and oxygen atoms in total. The van der Waals surface area contributed by atoms with E-state index >= 15 is 0 Å². The van der Waals surface area contributed by atoms with Crippen LogP contribution in [0.2, 0.25) is 0 Å². The van der Waals surface area contributed by atoms with Crippen molar-refractivity contribution in [1.82, 2.24) is 5.32 Å². The number of imide groups is 1. The van der Waals surface area contributed by atoms with Crippen molar-refractivity contribution in [3.05, 3.63) is 34.2 Å². The smallest absolute Gasteiger partial charge is 0.419 e. The van der Waals surface area contributed by atoms with Crippen molar-refractivity contribution in [3.63, 3.8) is 0 Å². The Morgan fingerprint density at radius 2 is 1.93 bits per heavy atom. The highest BCUT2D eigenvalue weighted by Gasteiger charge is 2.36. The zero-order chi connectivity index (χ0) is 19.7. The Kier molecular flexibility index (Phi) is 5.55. The zero-order valence-electron chi connectivity index (χ0n) is 14.8. The lowest BCUT2D eigenvalue weighted by Crippen LogP contribution is -2.28. The predicted octanol–water partition coefficient (Wildman–Crippen LogP) is 5.38. The maximum atomic E-state index is 13.5. The molecule has 1 saturated heterocycles. The van der Waals surface area contributed by atoms with Gasteiger partial charge in [0.25, 0.3) is 11.1 Å². The quantitative estimate of drug-likeness (QED) is 0.691. The van der Waals surface area contributed by atoms with Gasteiger partial charge in [0.1, 0.15) is 5.75 Å². The molecule has 2 amide bonds. The first-order valence-electron chi connectivity index (χ1n) is 8.75. The predicted molar refractivity (Wildman–Crippen MR) is 97.2 cm³/mol. The van der Waals surface area contributed by atoms with Crippen molar-refractivity contribution in [2.75, 3.05) is 6.61 Å². The van der Waals surface area contributed by atoms with Gasteiger partial charge in [0.15, 0.2) is 0 Å². The fourth-order valence-corrected chi connectivity index (χ4v) is 4.04. The molecule has 0 atom stereocenters. The molecule has 27 heavy (non-hydrogen) atoms. The maximum Gasteiger partial charge on any atom is 0.419 e. The van der Waals surface area contributed by atoms with Crippen LogP contribution in [0.3, 0.4) is 0 Å². The fraction of sp³-hybridized carbons (Fsp3) is 0.474. The molecule has 0 aromatic heterocycles. The van der Waals surface area contributed by atoms with Crippen LogP contribution in [0.1, 0.15) is 50.2 Å². The third kappa shape index (κ3) is 4.86. The number of amides is 2. The van der Waals surface area contributed by atoms with Gasteiger partial charge in [-0.2, -0.15) is 13.2 Å². The summed E-state index contributed by atoms with van der Waals surface area (Å²) in [6.07, 6.45) is 1.86. The van der Waals surface area contributed by atoms with Crippen LogP contribution in [0, 0.1) is 5.41 Å². The summed E-state index contributed by atoms with van der Waals surface area (Å²) in [6, 6.07) is 3.68. The molecule has 1 heterocycles. The number of carbonyl (C=O) groups excluding carboxylic acids is 2. The first-order valence-corrected chi connectivity index (χ1v) is 9.57. The Labute approximate surface area is 159 Å². The van der Waals surface area contributed by atoms with E-state index < -0.39 is 22.9 Å². The molecule has 1 aromatic carbocycles. The van der Waals surface area contributed by atoms with Gasteiger partial charge in [-0.1, -0.05) is 32.3 Å². The number of rotatable bonds is 4. The van der Waals surface area contributed by atoms with Gasteiger partial charge in [-0.15, -0.1) is 0 Å². The van der Waals surface area contributed by atoms with Crippen LogP contribution in [-0.4, -0.2) is 17.8 Å². The number of nitrogens with one attached hydrogen (secondary N) is 1.